The summed E-state index contributed by atoms with van der Waals surface area (Å²) < 4.78 is 1.25. The lowest BCUT2D eigenvalue weighted by molar-refractivity contribution is 0.734. The van der Waals surface area contributed by atoms with Gasteiger partial charge < -0.3 is 4.90 Å². The molecular formula is C13H18BrN. The highest BCUT2D eigenvalue weighted by atomic mass is 79.9. The molecule has 1 fully saturated rings. The van der Waals surface area contributed by atoms with Crippen LogP contribution in [0.4, 0.5) is 5.69 Å². The fourth-order valence-electron chi connectivity index (χ4n) is 2.41. The zero-order chi connectivity index (χ0) is 11.0. The summed E-state index contributed by atoms with van der Waals surface area (Å²) >= 11 is 3.62. The molecule has 0 radical (unpaired) electrons. The lowest BCUT2D eigenvalue weighted by Gasteiger charge is -2.25. The second-order valence-electron chi connectivity index (χ2n) is 4.58. The Morgan fingerprint density at radius 3 is 2.33 bits per heavy atom. The summed E-state index contributed by atoms with van der Waals surface area (Å²) in [6, 6.07) is 5.28. The maximum absolute atomic E-state index is 3.62. The molecule has 0 amide bonds. The van der Waals surface area contributed by atoms with Crippen molar-refractivity contribution >= 4 is 21.6 Å². The van der Waals surface area contributed by atoms with Gasteiger partial charge in [-0.05, 0) is 56.9 Å². The van der Waals surface area contributed by atoms with Crippen LogP contribution in [0, 0.1) is 13.8 Å². The number of hydrogen-bond donors (Lipinski definition) is 0. The molecule has 0 bridgehead atoms. The fraction of sp³-hybridized carbons (Fsp3) is 0.538. The van der Waals surface area contributed by atoms with E-state index >= 15 is 0 Å². The quantitative estimate of drug-likeness (QED) is 0.742. The van der Waals surface area contributed by atoms with Gasteiger partial charge in [-0.3, -0.25) is 0 Å². The van der Waals surface area contributed by atoms with Crippen LogP contribution in [0.15, 0.2) is 16.6 Å². The van der Waals surface area contributed by atoms with Crippen molar-refractivity contribution in [1.82, 2.24) is 0 Å². The van der Waals surface area contributed by atoms with Crippen LogP contribution in [-0.2, 0) is 0 Å². The van der Waals surface area contributed by atoms with Crippen molar-refractivity contribution < 1.29 is 0 Å². The number of anilines is 1. The van der Waals surface area contributed by atoms with Crippen LogP contribution in [0.2, 0.25) is 0 Å². The standard InChI is InChI=1S/C13H18BrN/c1-9-7-12(8-10(2)13(9)14)15-6-4-5-11(15)3/h7-8,11H,4-6H2,1-3H3. The first kappa shape index (κ1) is 11.0. The zero-order valence-corrected chi connectivity index (χ0v) is 11.3. The Hall–Kier alpha value is -0.500. The maximum atomic E-state index is 3.62. The summed E-state index contributed by atoms with van der Waals surface area (Å²) in [5, 5.41) is 0. The van der Waals surface area contributed by atoms with Gasteiger partial charge in [0, 0.05) is 22.7 Å². The van der Waals surface area contributed by atoms with Crippen molar-refractivity contribution in [2.24, 2.45) is 0 Å². The molecular weight excluding hydrogens is 250 g/mol. The largest absolute Gasteiger partial charge is 0.369 e. The van der Waals surface area contributed by atoms with E-state index in [9.17, 15) is 0 Å². The van der Waals surface area contributed by atoms with Crippen LogP contribution in [0.1, 0.15) is 30.9 Å². The normalized spacial score (nSPS) is 21.1. The first-order valence-corrected chi connectivity index (χ1v) is 6.42. The van der Waals surface area contributed by atoms with E-state index in [1.165, 1.54) is 40.7 Å². The van der Waals surface area contributed by atoms with E-state index in [4.69, 9.17) is 0 Å². The second kappa shape index (κ2) is 4.17. The van der Waals surface area contributed by atoms with E-state index in [-0.39, 0.29) is 0 Å². The van der Waals surface area contributed by atoms with Crippen molar-refractivity contribution in [3.63, 3.8) is 0 Å². The van der Waals surface area contributed by atoms with Gasteiger partial charge in [-0.1, -0.05) is 15.9 Å². The first-order chi connectivity index (χ1) is 7.09. The predicted molar refractivity (Wildman–Crippen MR) is 69.7 cm³/mol. The average Bonchev–Trinajstić information content (AvgIpc) is 2.60. The third kappa shape index (κ3) is 2.05. The highest BCUT2D eigenvalue weighted by molar-refractivity contribution is 9.10. The van der Waals surface area contributed by atoms with Gasteiger partial charge in [-0.15, -0.1) is 0 Å². The molecule has 0 saturated carbocycles. The van der Waals surface area contributed by atoms with E-state index in [2.05, 4.69) is 53.7 Å². The summed E-state index contributed by atoms with van der Waals surface area (Å²) in [6.45, 7) is 7.87. The van der Waals surface area contributed by atoms with Crippen molar-refractivity contribution in [3.8, 4) is 0 Å². The minimum Gasteiger partial charge on any atom is -0.369 e. The Morgan fingerprint density at radius 1 is 1.27 bits per heavy atom. The third-order valence-corrected chi connectivity index (χ3v) is 4.56. The van der Waals surface area contributed by atoms with Crippen LogP contribution < -0.4 is 4.90 Å². The molecule has 1 nitrogen and oxygen atoms in total. The summed E-state index contributed by atoms with van der Waals surface area (Å²) in [4.78, 5) is 2.52. The van der Waals surface area contributed by atoms with Crippen molar-refractivity contribution in [2.45, 2.75) is 39.7 Å². The number of rotatable bonds is 1. The first-order valence-electron chi connectivity index (χ1n) is 5.63. The predicted octanol–water partition coefficient (Wildman–Crippen LogP) is 4.05. The monoisotopic (exact) mass is 267 g/mol. The summed E-state index contributed by atoms with van der Waals surface area (Å²) in [7, 11) is 0. The molecule has 0 spiro atoms. The van der Waals surface area contributed by atoms with Gasteiger partial charge >= 0.3 is 0 Å². The van der Waals surface area contributed by atoms with E-state index < -0.39 is 0 Å². The van der Waals surface area contributed by atoms with E-state index in [1.54, 1.807) is 0 Å². The molecule has 0 aliphatic carbocycles. The van der Waals surface area contributed by atoms with Gasteiger partial charge in [0.1, 0.15) is 0 Å². The van der Waals surface area contributed by atoms with Gasteiger partial charge in [0.05, 0.1) is 0 Å². The lowest BCUT2D eigenvalue weighted by atomic mass is 10.1. The molecule has 82 valence electrons. The van der Waals surface area contributed by atoms with E-state index in [1.807, 2.05) is 0 Å². The fourth-order valence-corrected chi connectivity index (χ4v) is 2.63. The number of benzene rings is 1. The Bertz CT molecular complexity index is 350. The van der Waals surface area contributed by atoms with Crippen molar-refractivity contribution in [3.05, 3.63) is 27.7 Å². The number of aryl methyl sites for hydroxylation is 2. The van der Waals surface area contributed by atoms with Gasteiger partial charge in [0.2, 0.25) is 0 Å². The highest BCUT2D eigenvalue weighted by Crippen LogP contribution is 2.31. The Morgan fingerprint density at radius 2 is 1.87 bits per heavy atom. The van der Waals surface area contributed by atoms with E-state index in [0.29, 0.717) is 6.04 Å². The minimum atomic E-state index is 0.699. The lowest BCUT2D eigenvalue weighted by Crippen LogP contribution is -2.26. The number of nitrogens with zero attached hydrogens (tertiary/aromatic N) is 1. The topological polar surface area (TPSA) is 3.24 Å². The SMILES string of the molecule is Cc1cc(N2CCCC2C)cc(C)c1Br. The third-order valence-electron chi connectivity index (χ3n) is 3.31. The Kier molecular flexibility index (Phi) is 3.06. The number of hydrogen-bond acceptors (Lipinski definition) is 1. The molecule has 1 aliphatic heterocycles. The molecule has 1 aliphatic rings. The van der Waals surface area contributed by atoms with Crippen LogP contribution in [0.25, 0.3) is 0 Å². The molecule has 15 heavy (non-hydrogen) atoms. The molecule has 1 aromatic rings. The summed E-state index contributed by atoms with van der Waals surface area (Å²) in [6.07, 6.45) is 2.66. The molecule has 2 rings (SSSR count). The van der Waals surface area contributed by atoms with Crippen LogP contribution in [0.5, 0.6) is 0 Å². The van der Waals surface area contributed by atoms with Crippen LogP contribution in [-0.4, -0.2) is 12.6 Å². The Labute approximate surface area is 101 Å². The van der Waals surface area contributed by atoms with Gasteiger partial charge in [-0.25, -0.2) is 0 Å². The molecule has 1 atom stereocenters. The zero-order valence-electron chi connectivity index (χ0n) is 9.68. The van der Waals surface area contributed by atoms with Crippen LogP contribution in [0.3, 0.4) is 0 Å². The van der Waals surface area contributed by atoms with Gasteiger partial charge in [0.15, 0.2) is 0 Å². The average molecular weight is 268 g/mol. The van der Waals surface area contributed by atoms with Gasteiger partial charge in [0.25, 0.3) is 0 Å². The Balaban J connectivity index is 2.36. The molecule has 0 aromatic heterocycles. The smallest absolute Gasteiger partial charge is 0.0374 e. The number of halogens is 1. The minimum absolute atomic E-state index is 0.699. The molecule has 1 aromatic carbocycles. The highest BCUT2D eigenvalue weighted by Gasteiger charge is 2.21. The second-order valence-corrected chi connectivity index (χ2v) is 5.37. The molecule has 1 unspecified atom stereocenters. The molecule has 1 heterocycles. The van der Waals surface area contributed by atoms with E-state index in [0.717, 1.165) is 0 Å². The van der Waals surface area contributed by atoms with Crippen molar-refractivity contribution in [1.29, 1.82) is 0 Å². The van der Waals surface area contributed by atoms with Crippen LogP contribution >= 0.6 is 15.9 Å². The maximum Gasteiger partial charge on any atom is 0.0374 e. The molecule has 2 heteroatoms. The van der Waals surface area contributed by atoms with Crippen molar-refractivity contribution in [2.75, 3.05) is 11.4 Å². The summed E-state index contributed by atoms with van der Waals surface area (Å²) in [5.41, 5.74) is 4.06. The summed E-state index contributed by atoms with van der Waals surface area (Å²) in [5.74, 6) is 0. The molecule has 0 N–H and O–H groups in total. The van der Waals surface area contributed by atoms with Gasteiger partial charge in [-0.2, -0.15) is 0 Å². The molecule has 1 saturated heterocycles.